The van der Waals surface area contributed by atoms with E-state index in [0.717, 1.165) is 5.56 Å². The maximum Gasteiger partial charge on any atom is 0.412 e. The van der Waals surface area contributed by atoms with E-state index in [2.05, 4.69) is 31.2 Å². The largest absolute Gasteiger partial charge is 0.447 e. The summed E-state index contributed by atoms with van der Waals surface area (Å²) in [4.78, 5) is 33.2. The molecule has 0 fully saturated rings. The monoisotopic (exact) mass is 440 g/mol. The van der Waals surface area contributed by atoms with Crippen LogP contribution in [0.4, 0.5) is 10.6 Å². The SMILES string of the molecule is CN(CCOC(=O)Nc1cnc(Br)cn1)C(=O)CCc1ccccc1Cl. The second-order valence-corrected chi connectivity index (χ2v) is 6.61. The van der Waals surface area contributed by atoms with Crippen molar-refractivity contribution < 1.29 is 14.3 Å². The van der Waals surface area contributed by atoms with Crippen LogP contribution in [0.15, 0.2) is 41.3 Å². The Bertz CT molecular complexity index is 758. The van der Waals surface area contributed by atoms with Crippen LogP contribution < -0.4 is 5.32 Å². The number of halogens is 2. The van der Waals surface area contributed by atoms with Crippen molar-refractivity contribution in [3.63, 3.8) is 0 Å². The van der Waals surface area contributed by atoms with Crippen LogP contribution in [0.1, 0.15) is 12.0 Å². The van der Waals surface area contributed by atoms with Crippen molar-refractivity contribution in [2.75, 3.05) is 25.5 Å². The Hall–Kier alpha value is -2.19. The van der Waals surface area contributed by atoms with E-state index in [1.807, 2.05) is 18.2 Å². The molecule has 9 heteroatoms. The van der Waals surface area contributed by atoms with Gasteiger partial charge < -0.3 is 9.64 Å². The average molecular weight is 442 g/mol. The highest BCUT2D eigenvalue weighted by molar-refractivity contribution is 9.10. The number of hydrogen-bond acceptors (Lipinski definition) is 5. The highest BCUT2D eigenvalue weighted by Crippen LogP contribution is 2.16. The van der Waals surface area contributed by atoms with Gasteiger partial charge in [0.05, 0.1) is 18.9 Å². The Morgan fingerprint density at radius 3 is 2.73 bits per heavy atom. The summed E-state index contributed by atoms with van der Waals surface area (Å²) in [5.41, 5.74) is 0.933. The first-order valence-electron chi connectivity index (χ1n) is 7.84. The molecule has 0 atom stereocenters. The third kappa shape index (κ3) is 6.61. The number of aryl methyl sites for hydroxylation is 1. The number of rotatable bonds is 7. The van der Waals surface area contributed by atoms with E-state index in [-0.39, 0.29) is 18.3 Å². The minimum Gasteiger partial charge on any atom is -0.447 e. The highest BCUT2D eigenvalue weighted by Gasteiger charge is 2.11. The van der Waals surface area contributed by atoms with Gasteiger partial charge >= 0.3 is 6.09 Å². The van der Waals surface area contributed by atoms with Crippen LogP contribution in [0.5, 0.6) is 0 Å². The van der Waals surface area contributed by atoms with Gasteiger partial charge in [-0.1, -0.05) is 29.8 Å². The van der Waals surface area contributed by atoms with Crippen molar-refractivity contribution in [3.8, 4) is 0 Å². The van der Waals surface area contributed by atoms with Crippen LogP contribution in [0.2, 0.25) is 5.02 Å². The molecule has 1 aromatic carbocycles. The first kappa shape index (κ1) is 20.1. The summed E-state index contributed by atoms with van der Waals surface area (Å²) in [6, 6.07) is 7.43. The molecule has 0 unspecified atom stereocenters. The lowest BCUT2D eigenvalue weighted by molar-refractivity contribution is -0.130. The molecule has 0 saturated carbocycles. The fourth-order valence-corrected chi connectivity index (χ4v) is 2.49. The van der Waals surface area contributed by atoms with Gasteiger partial charge in [-0.3, -0.25) is 10.1 Å². The number of anilines is 1. The fourth-order valence-electron chi connectivity index (χ4n) is 2.05. The molecule has 0 bridgehead atoms. The molecule has 2 amide bonds. The lowest BCUT2D eigenvalue weighted by Crippen LogP contribution is -2.31. The van der Waals surface area contributed by atoms with Crippen molar-refractivity contribution in [1.29, 1.82) is 0 Å². The second-order valence-electron chi connectivity index (χ2n) is 5.39. The lowest BCUT2D eigenvalue weighted by Gasteiger charge is -2.17. The predicted molar refractivity (Wildman–Crippen MR) is 102 cm³/mol. The summed E-state index contributed by atoms with van der Waals surface area (Å²) in [7, 11) is 1.66. The van der Waals surface area contributed by atoms with Gasteiger partial charge in [0.1, 0.15) is 11.2 Å². The highest BCUT2D eigenvalue weighted by atomic mass is 79.9. The summed E-state index contributed by atoms with van der Waals surface area (Å²) in [6.07, 6.45) is 3.10. The van der Waals surface area contributed by atoms with E-state index >= 15 is 0 Å². The van der Waals surface area contributed by atoms with Crippen LogP contribution in [-0.2, 0) is 16.0 Å². The Morgan fingerprint density at radius 2 is 2.04 bits per heavy atom. The number of nitrogens with one attached hydrogen (secondary N) is 1. The van der Waals surface area contributed by atoms with Crippen molar-refractivity contribution in [2.45, 2.75) is 12.8 Å². The van der Waals surface area contributed by atoms with Gasteiger partial charge in [-0.15, -0.1) is 0 Å². The Balaban J connectivity index is 1.68. The van der Waals surface area contributed by atoms with Crippen molar-refractivity contribution in [2.24, 2.45) is 0 Å². The van der Waals surface area contributed by atoms with Gasteiger partial charge in [-0.05, 0) is 34.0 Å². The number of nitrogens with zero attached hydrogens (tertiary/aromatic N) is 3. The lowest BCUT2D eigenvalue weighted by atomic mass is 10.1. The molecule has 0 aliphatic heterocycles. The molecule has 2 aromatic rings. The Kier molecular flexibility index (Phi) is 7.80. The number of carbonyl (C=O) groups is 2. The zero-order valence-electron chi connectivity index (χ0n) is 14.1. The van der Waals surface area contributed by atoms with Gasteiger partial charge in [0.15, 0.2) is 5.82 Å². The molecule has 7 nitrogen and oxygen atoms in total. The number of amides is 2. The molecule has 0 spiro atoms. The topological polar surface area (TPSA) is 84.4 Å². The van der Waals surface area contributed by atoms with E-state index in [9.17, 15) is 9.59 Å². The van der Waals surface area contributed by atoms with Crippen molar-refractivity contribution in [3.05, 3.63) is 51.8 Å². The molecule has 0 radical (unpaired) electrons. The average Bonchev–Trinajstić information content (AvgIpc) is 2.62. The number of benzene rings is 1. The van der Waals surface area contributed by atoms with E-state index < -0.39 is 6.09 Å². The molecule has 0 aliphatic carbocycles. The molecule has 1 N–H and O–H groups in total. The molecular weight excluding hydrogens is 424 g/mol. The molecule has 2 rings (SSSR count). The molecule has 0 saturated heterocycles. The normalized spacial score (nSPS) is 10.3. The van der Waals surface area contributed by atoms with Gasteiger partial charge in [-0.2, -0.15) is 0 Å². The van der Waals surface area contributed by atoms with Crippen molar-refractivity contribution >= 4 is 45.3 Å². The van der Waals surface area contributed by atoms with Gasteiger partial charge in [-0.25, -0.2) is 14.8 Å². The van der Waals surface area contributed by atoms with Crippen LogP contribution in [0.25, 0.3) is 0 Å². The zero-order chi connectivity index (χ0) is 18.9. The predicted octanol–water partition coefficient (Wildman–Crippen LogP) is 3.53. The summed E-state index contributed by atoms with van der Waals surface area (Å²) in [6.45, 7) is 0.366. The van der Waals surface area contributed by atoms with E-state index in [1.54, 1.807) is 13.1 Å². The number of aromatic nitrogens is 2. The molecule has 0 aliphatic rings. The maximum absolute atomic E-state index is 12.1. The number of likely N-dealkylation sites (N-methyl/N-ethyl adjacent to an activating group) is 1. The van der Waals surface area contributed by atoms with Gasteiger partial charge in [0, 0.05) is 18.5 Å². The van der Waals surface area contributed by atoms with E-state index in [4.69, 9.17) is 16.3 Å². The molecule has 1 aromatic heterocycles. The quantitative estimate of drug-likeness (QED) is 0.710. The second kappa shape index (κ2) is 10.1. The van der Waals surface area contributed by atoms with Gasteiger partial charge in [0.2, 0.25) is 5.91 Å². The number of ether oxygens (including phenoxy) is 1. The molecule has 1 heterocycles. The smallest absolute Gasteiger partial charge is 0.412 e. The van der Waals surface area contributed by atoms with Crippen LogP contribution in [-0.4, -0.2) is 47.1 Å². The Morgan fingerprint density at radius 1 is 1.27 bits per heavy atom. The maximum atomic E-state index is 12.1. The number of carbonyl (C=O) groups excluding carboxylic acids is 2. The van der Waals surface area contributed by atoms with Crippen LogP contribution in [0, 0.1) is 0 Å². The standard InChI is InChI=1S/C17H18BrClN4O3/c1-23(16(24)7-6-12-4-2-3-5-13(12)19)8-9-26-17(25)22-15-11-20-14(18)10-21-15/h2-5,10-11H,6-9H2,1H3,(H,21,22,25). The summed E-state index contributed by atoms with van der Waals surface area (Å²) < 4.78 is 5.60. The zero-order valence-corrected chi connectivity index (χ0v) is 16.5. The summed E-state index contributed by atoms with van der Waals surface area (Å²) >= 11 is 9.23. The van der Waals surface area contributed by atoms with E-state index in [0.29, 0.717) is 29.0 Å². The van der Waals surface area contributed by atoms with Crippen LogP contribution >= 0.6 is 27.5 Å². The minimum absolute atomic E-state index is 0.0484. The summed E-state index contributed by atoms with van der Waals surface area (Å²) in [5.74, 6) is 0.232. The fraction of sp³-hybridized carbons (Fsp3) is 0.294. The summed E-state index contributed by atoms with van der Waals surface area (Å²) in [5, 5.41) is 3.10. The van der Waals surface area contributed by atoms with Crippen LogP contribution in [0.3, 0.4) is 0 Å². The van der Waals surface area contributed by atoms with Crippen molar-refractivity contribution in [1.82, 2.24) is 14.9 Å². The molecular formula is C17H18BrClN4O3. The first-order chi connectivity index (χ1) is 12.5. The minimum atomic E-state index is -0.654. The van der Waals surface area contributed by atoms with E-state index in [1.165, 1.54) is 17.3 Å². The number of hydrogen-bond donors (Lipinski definition) is 1. The third-order valence-corrected chi connectivity index (χ3v) is 4.28. The van der Waals surface area contributed by atoms with Gasteiger partial charge in [0.25, 0.3) is 0 Å². The molecule has 138 valence electrons. The molecule has 26 heavy (non-hydrogen) atoms. The Labute approximate surface area is 164 Å². The third-order valence-electron chi connectivity index (χ3n) is 3.50. The first-order valence-corrected chi connectivity index (χ1v) is 9.01.